The predicted octanol–water partition coefficient (Wildman–Crippen LogP) is 4.04. The molecule has 5 rings (SSSR count). The molecule has 1 aromatic carbocycles. The SMILES string of the molecule is C[C@H]1CCc2c(sc3nc(CCC(=O)N4CCN(c5ccc(Cl)cc5)CC4)[nH]c(=O)c23)C1. The van der Waals surface area contributed by atoms with Crippen molar-refractivity contribution in [1.82, 2.24) is 14.9 Å². The van der Waals surface area contributed by atoms with Crippen LogP contribution in [0.15, 0.2) is 29.1 Å². The summed E-state index contributed by atoms with van der Waals surface area (Å²) in [6, 6.07) is 7.81. The predicted molar refractivity (Wildman–Crippen MR) is 130 cm³/mol. The van der Waals surface area contributed by atoms with E-state index in [1.807, 2.05) is 29.2 Å². The van der Waals surface area contributed by atoms with Crippen LogP contribution in [0.1, 0.15) is 36.0 Å². The molecule has 1 saturated heterocycles. The molecule has 1 aliphatic heterocycles. The van der Waals surface area contributed by atoms with Crippen LogP contribution in [0.4, 0.5) is 5.69 Å². The monoisotopic (exact) mass is 470 g/mol. The minimum Gasteiger partial charge on any atom is -0.368 e. The molecule has 0 saturated carbocycles. The standard InChI is InChI=1S/C24H27ClN4O2S/c1-15-2-7-18-19(14-15)32-24-22(18)23(31)26-20(27-24)8-9-21(30)29-12-10-28(11-13-29)17-5-3-16(25)4-6-17/h3-6,15H,2,7-14H2,1H3,(H,26,27,31)/t15-/m0/s1. The molecule has 1 N–H and O–H groups in total. The van der Waals surface area contributed by atoms with Crippen molar-refractivity contribution in [3.63, 3.8) is 0 Å². The Kier molecular flexibility index (Phi) is 5.95. The molecule has 0 radical (unpaired) electrons. The number of aryl methyl sites for hydroxylation is 2. The summed E-state index contributed by atoms with van der Waals surface area (Å²) in [5.74, 6) is 1.39. The minimum atomic E-state index is -0.0546. The zero-order chi connectivity index (χ0) is 22.2. The molecule has 32 heavy (non-hydrogen) atoms. The number of piperazine rings is 1. The van der Waals surface area contributed by atoms with E-state index < -0.39 is 0 Å². The summed E-state index contributed by atoms with van der Waals surface area (Å²) < 4.78 is 0. The summed E-state index contributed by atoms with van der Waals surface area (Å²) in [5.41, 5.74) is 2.27. The molecular formula is C24H27ClN4O2S. The first-order chi connectivity index (χ1) is 15.5. The van der Waals surface area contributed by atoms with Crippen LogP contribution in [0.2, 0.25) is 5.02 Å². The number of fused-ring (bicyclic) bond motifs is 3. The van der Waals surface area contributed by atoms with E-state index in [2.05, 4.69) is 16.8 Å². The molecule has 1 amide bonds. The van der Waals surface area contributed by atoms with Crippen molar-refractivity contribution in [1.29, 1.82) is 0 Å². The van der Waals surface area contributed by atoms with Gasteiger partial charge in [-0.05, 0) is 55.0 Å². The highest BCUT2D eigenvalue weighted by molar-refractivity contribution is 7.18. The highest BCUT2D eigenvalue weighted by atomic mass is 35.5. The summed E-state index contributed by atoms with van der Waals surface area (Å²) in [6.07, 6.45) is 3.93. The summed E-state index contributed by atoms with van der Waals surface area (Å²) in [5, 5.41) is 1.50. The van der Waals surface area contributed by atoms with Crippen LogP contribution in [0.25, 0.3) is 10.2 Å². The Morgan fingerprint density at radius 3 is 2.72 bits per heavy atom. The van der Waals surface area contributed by atoms with Gasteiger partial charge in [-0.1, -0.05) is 18.5 Å². The van der Waals surface area contributed by atoms with Crippen molar-refractivity contribution in [2.75, 3.05) is 31.1 Å². The van der Waals surface area contributed by atoms with E-state index in [1.165, 1.54) is 10.4 Å². The second kappa shape index (κ2) is 8.87. The van der Waals surface area contributed by atoms with Crippen LogP contribution in [0, 0.1) is 5.92 Å². The molecule has 3 aromatic rings. The molecule has 6 nitrogen and oxygen atoms in total. The highest BCUT2D eigenvalue weighted by Crippen LogP contribution is 2.35. The number of nitrogens with zero attached hydrogens (tertiary/aromatic N) is 3. The van der Waals surface area contributed by atoms with Crippen LogP contribution < -0.4 is 10.5 Å². The Labute approximate surface area is 196 Å². The number of H-pyrrole nitrogens is 1. The molecule has 0 bridgehead atoms. The Morgan fingerprint density at radius 2 is 1.97 bits per heavy atom. The average Bonchev–Trinajstić information content (AvgIpc) is 3.16. The van der Waals surface area contributed by atoms with E-state index in [0.29, 0.717) is 37.7 Å². The number of anilines is 1. The summed E-state index contributed by atoms with van der Waals surface area (Å²) in [4.78, 5) is 39.5. The number of carbonyl (C=O) groups excluding carboxylic acids is 1. The maximum atomic E-state index is 12.8. The summed E-state index contributed by atoms with van der Waals surface area (Å²) >= 11 is 7.63. The number of amides is 1. The lowest BCUT2D eigenvalue weighted by Crippen LogP contribution is -2.48. The van der Waals surface area contributed by atoms with Crippen molar-refractivity contribution < 1.29 is 4.79 Å². The molecule has 1 aliphatic carbocycles. The number of nitrogens with one attached hydrogen (secondary N) is 1. The molecule has 168 valence electrons. The van der Waals surface area contributed by atoms with Gasteiger partial charge in [0.25, 0.3) is 5.56 Å². The van der Waals surface area contributed by atoms with Gasteiger partial charge in [0.05, 0.1) is 5.39 Å². The minimum absolute atomic E-state index is 0.0546. The van der Waals surface area contributed by atoms with E-state index in [0.717, 1.165) is 53.3 Å². The number of carbonyl (C=O) groups is 1. The summed E-state index contributed by atoms with van der Waals surface area (Å²) in [6.45, 7) is 5.25. The quantitative estimate of drug-likeness (QED) is 0.624. The van der Waals surface area contributed by atoms with Crippen LogP contribution in [-0.4, -0.2) is 47.0 Å². The largest absolute Gasteiger partial charge is 0.368 e. The lowest BCUT2D eigenvalue weighted by atomic mass is 9.89. The first kappa shape index (κ1) is 21.5. The van der Waals surface area contributed by atoms with E-state index in [-0.39, 0.29) is 11.5 Å². The van der Waals surface area contributed by atoms with Crippen molar-refractivity contribution in [2.45, 2.75) is 39.0 Å². The molecule has 2 aliphatic rings. The van der Waals surface area contributed by atoms with Gasteiger partial charge in [0, 0.05) is 54.6 Å². The number of rotatable bonds is 4. The maximum Gasteiger partial charge on any atom is 0.259 e. The first-order valence-corrected chi connectivity index (χ1v) is 12.5. The van der Waals surface area contributed by atoms with Crippen LogP contribution in [0.3, 0.4) is 0 Å². The lowest BCUT2D eigenvalue weighted by Gasteiger charge is -2.36. The van der Waals surface area contributed by atoms with E-state index in [9.17, 15) is 9.59 Å². The van der Waals surface area contributed by atoms with Crippen molar-refractivity contribution in [3.05, 3.63) is 55.9 Å². The fourth-order valence-electron chi connectivity index (χ4n) is 4.76. The maximum absolute atomic E-state index is 12.8. The Balaban J connectivity index is 1.21. The molecule has 0 spiro atoms. The third-order valence-corrected chi connectivity index (χ3v) is 8.01. The third kappa shape index (κ3) is 4.28. The summed E-state index contributed by atoms with van der Waals surface area (Å²) in [7, 11) is 0. The topological polar surface area (TPSA) is 69.3 Å². The van der Waals surface area contributed by atoms with Gasteiger partial charge in [0.1, 0.15) is 10.7 Å². The molecule has 1 fully saturated rings. The van der Waals surface area contributed by atoms with Crippen molar-refractivity contribution >= 4 is 44.7 Å². The van der Waals surface area contributed by atoms with Crippen LogP contribution in [-0.2, 0) is 24.1 Å². The normalized spacial score (nSPS) is 18.8. The highest BCUT2D eigenvalue weighted by Gasteiger charge is 2.24. The van der Waals surface area contributed by atoms with Gasteiger partial charge in [0.15, 0.2) is 0 Å². The number of halogens is 1. The Hall–Kier alpha value is -2.38. The van der Waals surface area contributed by atoms with Gasteiger partial charge in [-0.3, -0.25) is 9.59 Å². The fraction of sp³-hybridized carbons (Fsp3) is 0.458. The van der Waals surface area contributed by atoms with Crippen LogP contribution in [0.5, 0.6) is 0 Å². The van der Waals surface area contributed by atoms with Gasteiger partial charge in [-0.15, -0.1) is 11.3 Å². The van der Waals surface area contributed by atoms with Gasteiger partial charge >= 0.3 is 0 Å². The molecule has 1 atom stereocenters. The van der Waals surface area contributed by atoms with E-state index in [1.54, 1.807) is 11.3 Å². The Bertz CT molecular complexity index is 1200. The van der Waals surface area contributed by atoms with Gasteiger partial charge in [0.2, 0.25) is 5.91 Å². The van der Waals surface area contributed by atoms with Gasteiger partial charge < -0.3 is 14.8 Å². The molecule has 0 unspecified atom stereocenters. The zero-order valence-corrected chi connectivity index (χ0v) is 19.8. The average molecular weight is 471 g/mol. The third-order valence-electron chi connectivity index (χ3n) is 6.61. The number of benzene rings is 1. The molecule has 3 heterocycles. The zero-order valence-electron chi connectivity index (χ0n) is 18.2. The van der Waals surface area contributed by atoms with E-state index >= 15 is 0 Å². The second-order valence-corrected chi connectivity index (χ2v) is 10.4. The van der Waals surface area contributed by atoms with Crippen molar-refractivity contribution in [3.8, 4) is 0 Å². The van der Waals surface area contributed by atoms with Gasteiger partial charge in [-0.25, -0.2) is 4.98 Å². The molecule has 2 aromatic heterocycles. The molecule has 8 heteroatoms. The Morgan fingerprint density at radius 1 is 1.22 bits per heavy atom. The fourth-order valence-corrected chi connectivity index (χ4v) is 6.29. The first-order valence-electron chi connectivity index (χ1n) is 11.3. The second-order valence-electron chi connectivity index (χ2n) is 8.89. The smallest absolute Gasteiger partial charge is 0.259 e. The number of aromatic amines is 1. The number of aromatic nitrogens is 2. The lowest BCUT2D eigenvalue weighted by molar-refractivity contribution is -0.131. The van der Waals surface area contributed by atoms with Crippen molar-refractivity contribution in [2.24, 2.45) is 5.92 Å². The van der Waals surface area contributed by atoms with Gasteiger partial charge in [-0.2, -0.15) is 0 Å². The number of thiophene rings is 1. The van der Waals surface area contributed by atoms with Crippen LogP contribution >= 0.6 is 22.9 Å². The number of hydrogen-bond donors (Lipinski definition) is 1. The molecular weight excluding hydrogens is 444 g/mol. The number of hydrogen-bond acceptors (Lipinski definition) is 5. The van der Waals surface area contributed by atoms with E-state index in [4.69, 9.17) is 16.6 Å².